The molecule has 0 aliphatic carbocycles. The van der Waals surface area contributed by atoms with Crippen LogP contribution >= 0.6 is 0 Å². The summed E-state index contributed by atoms with van der Waals surface area (Å²) in [6, 6.07) is 19.0. The molecular formula is C23H24N4O3S. The van der Waals surface area contributed by atoms with Crippen molar-refractivity contribution in [3.63, 3.8) is 0 Å². The Morgan fingerprint density at radius 3 is 2.42 bits per heavy atom. The maximum Gasteiger partial charge on any atom is 0.197 e. The van der Waals surface area contributed by atoms with E-state index in [4.69, 9.17) is 15.2 Å². The number of nitrogens with one attached hydrogen (secondary N) is 2. The number of H-pyrrole nitrogens is 1. The summed E-state index contributed by atoms with van der Waals surface area (Å²) in [6.45, 7) is 0.466. The Bertz CT molecular complexity index is 1210. The SMILES string of the molecule is COc1cccc(CNc2c(C[S@](=O)c3nc4ccccc4[nH]3)cccc2OC)c1N. The van der Waals surface area contributed by atoms with Gasteiger partial charge in [-0.3, -0.25) is 4.21 Å². The van der Waals surface area contributed by atoms with Crippen molar-refractivity contribution >= 4 is 33.2 Å². The zero-order valence-electron chi connectivity index (χ0n) is 17.3. The number of benzene rings is 3. The largest absolute Gasteiger partial charge is 0.495 e. The number of aromatic amines is 1. The van der Waals surface area contributed by atoms with Gasteiger partial charge in [-0.2, -0.15) is 0 Å². The normalized spacial score (nSPS) is 11.9. The average molecular weight is 437 g/mol. The van der Waals surface area contributed by atoms with Crippen LogP contribution in [0.4, 0.5) is 11.4 Å². The maximum absolute atomic E-state index is 13.1. The van der Waals surface area contributed by atoms with E-state index >= 15 is 0 Å². The van der Waals surface area contributed by atoms with Gasteiger partial charge in [0.25, 0.3) is 0 Å². The van der Waals surface area contributed by atoms with E-state index in [9.17, 15) is 4.21 Å². The second kappa shape index (κ2) is 9.09. The summed E-state index contributed by atoms with van der Waals surface area (Å²) < 4.78 is 23.9. The number of aromatic nitrogens is 2. The standard InChI is InChI=1S/C23H24N4O3S/c1-29-19-11-5-7-15(21(19)24)13-25-22-16(8-6-12-20(22)30-2)14-31(28)23-26-17-9-3-4-10-18(17)27-23/h3-12,25H,13-14,24H2,1-2H3,(H,26,27)/t31-/m0/s1. The molecule has 0 spiro atoms. The molecule has 0 saturated carbocycles. The molecule has 0 aliphatic heterocycles. The molecule has 4 aromatic rings. The first kappa shape index (κ1) is 20.7. The van der Waals surface area contributed by atoms with Gasteiger partial charge < -0.3 is 25.5 Å². The highest BCUT2D eigenvalue weighted by Gasteiger charge is 2.16. The van der Waals surface area contributed by atoms with Crippen LogP contribution in [0.15, 0.2) is 65.8 Å². The zero-order valence-corrected chi connectivity index (χ0v) is 18.2. The third kappa shape index (κ3) is 4.34. The quantitative estimate of drug-likeness (QED) is 0.360. The van der Waals surface area contributed by atoms with Crippen molar-refractivity contribution in [2.24, 2.45) is 0 Å². The zero-order chi connectivity index (χ0) is 21.8. The van der Waals surface area contributed by atoms with Crippen LogP contribution < -0.4 is 20.5 Å². The number of imidazole rings is 1. The fraction of sp³-hybridized carbons (Fsp3) is 0.174. The number of nitrogens with two attached hydrogens (primary N) is 1. The molecule has 1 heterocycles. The van der Waals surface area contributed by atoms with E-state index < -0.39 is 10.8 Å². The topological polar surface area (TPSA) is 102 Å². The van der Waals surface area contributed by atoms with Gasteiger partial charge in [0.05, 0.1) is 53.2 Å². The van der Waals surface area contributed by atoms with Crippen molar-refractivity contribution < 1.29 is 13.7 Å². The van der Waals surface area contributed by atoms with E-state index in [0.29, 0.717) is 28.9 Å². The van der Waals surface area contributed by atoms with Gasteiger partial charge in [0.1, 0.15) is 11.5 Å². The van der Waals surface area contributed by atoms with E-state index in [2.05, 4.69) is 15.3 Å². The van der Waals surface area contributed by atoms with Gasteiger partial charge in [-0.15, -0.1) is 0 Å². The van der Waals surface area contributed by atoms with E-state index in [-0.39, 0.29) is 5.75 Å². The number of methoxy groups -OCH3 is 2. The Morgan fingerprint density at radius 2 is 1.68 bits per heavy atom. The predicted molar refractivity (Wildman–Crippen MR) is 124 cm³/mol. The molecule has 0 unspecified atom stereocenters. The van der Waals surface area contributed by atoms with Gasteiger partial charge in [0, 0.05) is 6.54 Å². The molecule has 1 atom stereocenters. The molecule has 0 radical (unpaired) electrons. The second-order valence-electron chi connectivity index (χ2n) is 6.93. The van der Waals surface area contributed by atoms with Crippen LogP contribution in [-0.4, -0.2) is 28.4 Å². The lowest BCUT2D eigenvalue weighted by Crippen LogP contribution is -2.09. The molecule has 0 fully saturated rings. The maximum atomic E-state index is 13.1. The van der Waals surface area contributed by atoms with Crippen molar-refractivity contribution in [3.8, 4) is 11.5 Å². The molecule has 4 rings (SSSR count). The second-order valence-corrected chi connectivity index (χ2v) is 8.30. The summed E-state index contributed by atoms with van der Waals surface area (Å²) >= 11 is 0. The molecule has 0 aliphatic rings. The molecule has 0 saturated heterocycles. The van der Waals surface area contributed by atoms with Crippen LogP contribution in [0.5, 0.6) is 11.5 Å². The Morgan fingerprint density at radius 1 is 0.968 bits per heavy atom. The number of ether oxygens (including phenoxy) is 2. The van der Waals surface area contributed by atoms with E-state index in [1.54, 1.807) is 14.2 Å². The van der Waals surface area contributed by atoms with Gasteiger partial charge in [0.15, 0.2) is 5.16 Å². The summed E-state index contributed by atoms with van der Waals surface area (Å²) in [5, 5.41) is 3.85. The summed E-state index contributed by atoms with van der Waals surface area (Å²) in [6.07, 6.45) is 0. The Hall–Kier alpha value is -3.52. The fourth-order valence-electron chi connectivity index (χ4n) is 3.42. The summed E-state index contributed by atoms with van der Waals surface area (Å²) in [5.41, 5.74) is 11.0. The van der Waals surface area contributed by atoms with Crippen LogP contribution in [0.2, 0.25) is 0 Å². The highest BCUT2D eigenvalue weighted by molar-refractivity contribution is 7.84. The number of fused-ring (bicyclic) bond motifs is 1. The molecule has 7 nitrogen and oxygen atoms in total. The first-order valence-electron chi connectivity index (χ1n) is 9.75. The number of para-hydroxylation sites is 4. The van der Waals surface area contributed by atoms with Gasteiger partial charge in [-0.05, 0) is 35.4 Å². The highest BCUT2D eigenvalue weighted by Crippen LogP contribution is 2.32. The Kier molecular flexibility index (Phi) is 6.08. The summed E-state index contributed by atoms with van der Waals surface area (Å²) in [5.74, 6) is 1.58. The molecule has 1 aromatic heterocycles. The third-order valence-corrected chi connectivity index (χ3v) is 6.23. The molecule has 31 heavy (non-hydrogen) atoms. The van der Waals surface area contributed by atoms with Crippen molar-refractivity contribution in [2.45, 2.75) is 17.5 Å². The van der Waals surface area contributed by atoms with Crippen molar-refractivity contribution in [1.82, 2.24) is 9.97 Å². The first-order chi connectivity index (χ1) is 15.1. The lowest BCUT2D eigenvalue weighted by atomic mass is 10.1. The minimum atomic E-state index is -1.35. The predicted octanol–water partition coefficient (Wildman–Crippen LogP) is 4.08. The van der Waals surface area contributed by atoms with E-state index in [0.717, 1.165) is 27.8 Å². The fourth-order valence-corrected chi connectivity index (χ4v) is 4.50. The van der Waals surface area contributed by atoms with Crippen molar-refractivity contribution in [1.29, 1.82) is 0 Å². The molecule has 3 aromatic carbocycles. The number of hydrogen-bond donors (Lipinski definition) is 3. The molecule has 160 valence electrons. The van der Waals surface area contributed by atoms with Crippen molar-refractivity contribution in [3.05, 3.63) is 71.8 Å². The lowest BCUT2D eigenvalue weighted by molar-refractivity contribution is 0.416. The molecular weight excluding hydrogens is 412 g/mol. The van der Waals surface area contributed by atoms with Gasteiger partial charge in [-0.1, -0.05) is 36.4 Å². The molecule has 0 bridgehead atoms. The van der Waals surface area contributed by atoms with Crippen LogP contribution in [0.1, 0.15) is 11.1 Å². The number of anilines is 2. The van der Waals surface area contributed by atoms with Crippen LogP contribution in [0.3, 0.4) is 0 Å². The number of nitrogen functional groups attached to an aromatic ring is 1. The third-order valence-electron chi connectivity index (χ3n) is 5.03. The first-order valence-corrected chi connectivity index (χ1v) is 11.1. The average Bonchev–Trinajstić information content (AvgIpc) is 3.23. The summed E-state index contributed by atoms with van der Waals surface area (Å²) in [7, 11) is 1.85. The molecule has 0 amide bonds. The van der Waals surface area contributed by atoms with Gasteiger partial charge in [-0.25, -0.2) is 4.98 Å². The number of nitrogens with zero attached hydrogens (tertiary/aromatic N) is 1. The Labute approximate surface area is 183 Å². The van der Waals surface area contributed by atoms with Crippen molar-refractivity contribution in [2.75, 3.05) is 25.3 Å². The van der Waals surface area contributed by atoms with Gasteiger partial charge >= 0.3 is 0 Å². The van der Waals surface area contributed by atoms with Crippen LogP contribution in [0, 0.1) is 0 Å². The minimum Gasteiger partial charge on any atom is -0.495 e. The molecule has 8 heteroatoms. The highest BCUT2D eigenvalue weighted by atomic mass is 32.2. The van der Waals surface area contributed by atoms with E-state index in [1.165, 1.54) is 0 Å². The van der Waals surface area contributed by atoms with E-state index in [1.807, 2.05) is 60.7 Å². The van der Waals surface area contributed by atoms with Crippen LogP contribution in [-0.2, 0) is 23.1 Å². The summed E-state index contributed by atoms with van der Waals surface area (Å²) in [4.78, 5) is 7.62. The monoisotopic (exact) mass is 436 g/mol. The smallest absolute Gasteiger partial charge is 0.197 e. The minimum absolute atomic E-state index is 0.285. The van der Waals surface area contributed by atoms with Gasteiger partial charge in [0.2, 0.25) is 0 Å². The lowest BCUT2D eigenvalue weighted by Gasteiger charge is -2.17. The Balaban J connectivity index is 1.59. The number of hydrogen-bond acceptors (Lipinski definition) is 6. The number of rotatable bonds is 8. The van der Waals surface area contributed by atoms with Crippen LogP contribution in [0.25, 0.3) is 11.0 Å². The molecule has 4 N–H and O–H groups in total.